The molecular weight excluding hydrogens is 208 g/mol. The van der Waals surface area contributed by atoms with Gasteiger partial charge in [-0.3, -0.25) is 4.79 Å². The number of rotatable bonds is 4. The number of benzene rings is 1. The monoisotopic (exact) mass is 228 g/mol. The van der Waals surface area contributed by atoms with Crippen LogP contribution in [-0.2, 0) is 11.2 Å². The van der Waals surface area contributed by atoms with Gasteiger partial charge in [0.05, 0.1) is 0 Å². The zero-order valence-electron chi connectivity index (χ0n) is 10.5. The van der Waals surface area contributed by atoms with Crippen molar-refractivity contribution in [1.29, 1.82) is 0 Å². The average Bonchev–Trinajstić information content (AvgIpc) is 2.79. The molecule has 0 heterocycles. The quantitative estimate of drug-likeness (QED) is 0.715. The third-order valence-corrected chi connectivity index (χ3v) is 3.41. The lowest BCUT2D eigenvalue weighted by atomic mass is 10.0. The summed E-state index contributed by atoms with van der Waals surface area (Å²) < 4.78 is 0. The number of carbonyl (C=O) groups is 1. The molecule has 17 heavy (non-hydrogen) atoms. The van der Waals surface area contributed by atoms with Gasteiger partial charge in [-0.1, -0.05) is 48.7 Å². The molecule has 1 aliphatic carbocycles. The van der Waals surface area contributed by atoms with Crippen LogP contribution in [0.15, 0.2) is 36.4 Å². The van der Waals surface area contributed by atoms with Crippen molar-refractivity contribution in [2.45, 2.75) is 39.0 Å². The van der Waals surface area contributed by atoms with Gasteiger partial charge in [-0.15, -0.1) is 0 Å². The van der Waals surface area contributed by atoms with Crippen LogP contribution in [0.25, 0.3) is 0 Å². The van der Waals surface area contributed by atoms with E-state index in [4.69, 9.17) is 0 Å². The van der Waals surface area contributed by atoms with Gasteiger partial charge in [-0.2, -0.15) is 0 Å². The normalized spacial score (nSPS) is 16.8. The van der Waals surface area contributed by atoms with E-state index in [1.165, 1.54) is 31.2 Å². The zero-order chi connectivity index (χ0) is 12.1. The van der Waals surface area contributed by atoms with Gasteiger partial charge in [-0.05, 0) is 37.3 Å². The Hall–Kier alpha value is -1.37. The van der Waals surface area contributed by atoms with Crippen molar-refractivity contribution >= 4 is 5.78 Å². The lowest BCUT2D eigenvalue weighted by Crippen LogP contribution is -1.99. The van der Waals surface area contributed by atoms with Gasteiger partial charge in [0.2, 0.25) is 0 Å². The molecule has 0 N–H and O–H groups in total. The SMILES string of the molecule is Cc1cccc(CC(=O)/C=C/C2CCCC2)c1. The molecule has 0 bridgehead atoms. The molecule has 2 rings (SSSR count). The molecule has 0 spiro atoms. The minimum Gasteiger partial charge on any atom is -0.294 e. The maximum Gasteiger partial charge on any atom is 0.159 e. The summed E-state index contributed by atoms with van der Waals surface area (Å²) >= 11 is 0. The molecule has 0 unspecified atom stereocenters. The summed E-state index contributed by atoms with van der Waals surface area (Å²) in [6.45, 7) is 2.06. The number of hydrogen-bond acceptors (Lipinski definition) is 1. The second-order valence-corrected chi connectivity index (χ2v) is 5.04. The molecule has 90 valence electrons. The van der Waals surface area contributed by atoms with Crippen LogP contribution in [0.3, 0.4) is 0 Å². The first-order valence-electron chi connectivity index (χ1n) is 6.50. The van der Waals surface area contributed by atoms with Crippen LogP contribution in [0.4, 0.5) is 0 Å². The van der Waals surface area contributed by atoms with Crippen molar-refractivity contribution < 1.29 is 4.79 Å². The minimum atomic E-state index is 0.225. The van der Waals surface area contributed by atoms with E-state index in [9.17, 15) is 4.79 Å². The Morgan fingerprint density at radius 2 is 2.12 bits per heavy atom. The Labute approximate surface area is 104 Å². The Balaban J connectivity index is 1.88. The zero-order valence-corrected chi connectivity index (χ0v) is 10.5. The van der Waals surface area contributed by atoms with E-state index in [-0.39, 0.29) is 5.78 Å². The standard InChI is InChI=1S/C16H20O/c1-13-5-4-8-15(11-13)12-16(17)10-9-14-6-2-3-7-14/h4-5,8-11,14H,2-3,6-7,12H2,1H3/b10-9+. The van der Waals surface area contributed by atoms with Crippen LogP contribution in [0.5, 0.6) is 0 Å². The van der Waals surface area contributed by atoms with E-state index in [1.807, 2.05) is 12.1 Å². The largest absolute Gasteiger partial charge is 0.294 e. The highest BCUT2D eigenvalue weighted by molar-refractivity contribution is 5.91. The first kappa shape index (κ1) is 12.1. The van der Waals surface area contributed by atoms with Gasteiger partial charge in [0.1, 0.15) is 0 Å². The van der Waals surface area contributed by atoms with E-state index in [0.29, 0.717) is 12.3 Å². The molecule has 0 amide bonds. The van der Waals surface area contributed by atoms with Crippen LogP contribution in [0.2, 0.25) is 0 Å². The van der Waals surface area contributed by atoms with E-state index in [2.05, 4.69) is 25.1 Å². The maximum atomic E-state index is 11.8. The van der Waals surface area contributed by atoms with Crippen molar-refractivity contribution in [3.8, 4) is 0 Å². The molecule has 1 saturated carbocycles. The Morgan fingerprint density at radius 1 is 1.35 bits per heavy atom. The summed E-state index contributed by atoms with van der Waals surface area (Å²) in [6.07, 6.45) is 9.60. The fraction of sp³-hybridized carbons (Fsp3) is 0.438. The Kier molecular flexibility index (Phi) is 4.13. The van der Waals surface area contributed by atoms with Crippen LogP contribution >= 0.6 is 0 Å². The van der Waals surface area contributed by atoms with E-state index in [0.717, 1.165) is 5.56 Å². The van der Waals surface area contributed by atoms with E-state index >= 15 is 0 Å². The highest BCUT2D eigenvalue weighted by Crippen LogP contribution is 2.25. The highest BCUT2D eigenvalue weighted by atomic mass is 16.1. The maximum absolute atomic E-state index is 11.8. The second kappa shape index (κ2) is 5.81. The van der Waals surface area contributed by atoms with Crippen molar-refractivity contribution in [3.05, 3.63) is 47.5 Å². The molecule has 1 nitrogen and oxygen atoms in total. The number of aryl methyl sites for hydroxylation is 1. The number of ketones is 1. The van der Waals surface area contributed by atoms with Crippen LogP contribution in [-0.4, -0.2) is 5.78 Å². The van der Waals surface area contributed by atoms with Gasteiger partial charge in [-0.25, -0.2) is 0 Å². The van der Waals surface area contributed by atoms with Gasteiger partial charge in [0, 0.05) is 6.42 Å². The fourth-order valence-electron chi connectivity index (χ4n) is 2.48. The van der Waals surface area contributed by atoms with E-state index < -0.39 is 0 Å². The number of hydrogen-bond donors (Lipinski definition) is 0. The third-order valence-electron chi connectivity index (χ3n) is 3.41. The third kappa shape index (κ3) is 3.85. The fourth-order valence-corrected chi connectivity index (χ4v) is 2.48. The molecular formula is C16H20O. The number of carbonyl (C=O) groups excluding carboxylic acids is 1. The van der Waals surface area contributed by atoms with Crippen LogP contribution < -0.4 is 0 Å². The predicted octanol–water partition coefficient (Wildman–Crippen LogP) is 3.85. The summed E-state index contributed by atoms with van der Waals surface area (Å²) in [4.78, 5) is 11.8. The summed E-state index contributed by atoms with van der Waals surface area (Å²) in [5.41, 5.74) is 2.33. The van der Waals surface area contributed by atoms with Crippen molar-refractivity contribution in [2.24, 2.45) is 5.92 Å². The summed E-state index contributed by atoms with van der Waals surface area (Å²) in [7, 11) is 0. The second-order valence-electron chi connectivity index (χ2n) is 5.04. The molecule has 0 saturated heterocycles. The smallest absolute Gasteiger partial charge is 0.159 e. The molecule has 1 aromatic carbocycles. The molecule has 1 fully saturated rings. The first-order valence-corrected chi connectivity index (χ1v) is 6.50. The van der Waals surface area contributed by atoms with Crippen molar-refractivity contribution in [3.63, 3.8) is 0 Å². The lowest BCUT2D eigenvalue weighted by Gasteiger charge is -2.01. The summed E-state index contributed by atoms with van der Waals surface area (Å²) in [5.74, 6) is 0.874. The van der Waals surface area contributed by atoms with Gasteiger partial charge in [0.15, 0.2) is 5.78 Å². The molecule has 0 aliphatic heterocycles. The van der Waals surface area contributed by atoms with E-state index in [1.54, 1.807) is 6.08 Å². The highest BCUT2D eigenvalue weighted by Gasteiger charge is 2.11. The van der Waals surface area contributed by atoms with Gasteiger partial charge < -0.3 is 0 Å². The number of allylic oxidation sites excluding steroid dienone is 2. The summed E-state index contributed by atoms with van der Waals surface area (Å²) in [6, 6.07) is 8.18. The lowest BCUT2D eigenvalue weighted by molar-refractivity contribution is -0.114. The molecule has 0 radical (unpaired) electrons. The van der Waals surface area contributed by atoms with Gasteiger partial charge >= 0.3 is 0 Å². The molecule has 0 aromatic heterocycles. The van der Waals surface area contributed by atoms with Crippen molar-refractivity contribution in [1.82, 2.24) is 0 Å². The molecule has 1 aromatic rings. The first-order chi connectivity index (χ1) is 8.24. The van der Waals surface area contributed by atoms with Crippen LogP contribution in [0.1, 0.15) is 36.8 Å². The minimum absolute atomic E-state index is 0.225. The topological polar surface area (TPSA) is 17.1 Å². The van der Waals surface area contributed by atoms with Crippen molar-refractivity contribution in [2.75, 3.05) is 0 Å². The summed E-state index contributed by atoms with van der Waals surface area (Å²) in [5, 5.41) is 0. The van der Waals surface area contributed by atoms with Gasteiger partial charge in [0.25, 0.3) is 0 Å². The molecule has 0 atom stereocenters. The predicted molar refractivity (Wildman–Crippen MR) is 71.0 cm³/mol. The Morgan fingerprint density at radius 3 is 2.82 bits per heavy atom. The molecule has 1 aliphatic rings. The average molecular weight is 228 g/mol. The Bertz CT molecular complexity index is 411. The van der Waals surface area contributed by atoms with Crippen LogP contribution in [0, 0.1) is 12.8 Å². The molecule has 1 heteroatoms.